The van der Waals surface area contributed by atoms with Crippen molar-refractivity contribution < 1.29 is 24.0 Å². The quantitative estimate of drug-likeness (QED) is 0.784. The Labute approximate surface area is 161 Å². The van der Waals surface area contributed by atoms with Gasteiger partial charge in [0, 0.05) is 24.7 Å². The van der Waals surface area contributed by atoms with Gasteiger partial charge in [0.2, 0.25) is 11.7 Å². The number of carboxylic acid groups (broad SMARTS) is 1. The first-order valence-corrected chi connectivity index (χ1v) is 9.28. The van der Waals surface area contributed by atoms with Crippen molar-refractivity contribution in [1.29, 1.82) is 0 Å². The largest absolute Gasteiger partial charge is 0.485 e. The number of likely N-dealkylation sites (tertiary alicyclic amines) is 1. The number of urea groups is 1. The summed E-state index contributed by atoms with van der Waals surface area (Å²) in [5.74, 6) is 1.34. The molecule has 2 N–H and O–H groups in total. The highest BCUT2D eigenvalue weighted by Crippen LogP contribution is 2.38. The lowest BCUT2D eigenvalue weighted by molar-refractivity contribution is -0.146. The Morgan fingerprint density at radius 3 is 2.75 bits per heavy atom. The third-order valence-corrected chi connectivity index (χ3v) is 5.16. The van der Waals surface area contributed by atoms with Crippen LogP contribution >= 0.6 is 0 Å². The van der Waals surface area contributed by atoms with E-state index in [1.54, 1.807) is 31.2 Å². The molecule has 2 aromatic rings. The fraction of sp³-hybridized carbons (Fsp3) is 0.474. The highest BCUT2D eigenvalue weighted by molar-refractivity contribution is 5.90. The van der Waals surface area contributed by atoms with Crippen LogP contribution in [0.25, 0.3) is 0 Å². The van der Waals surface area contributed by atoms with Gasteiger partial charge in [0.15, 0.2) is 6.61 Å². The second-order valence-corrected chi connectivity index (χ2v) is 7.60. The zero-order chi connectivity index (χ0) is 19.7. The minimum atomic E-state index is -0.885. The molecule has 1 saturated carbocycles. The summed E-state index contributed by atoms with van der Waals surface area (Å²) in [4.78, 5) is 29.5. The van der Waals surface area contributed by atoms with Gasteiger partial charge in [-0.25, -0.2) is 4.79 Å². The molecule has 2 aliphatic rings. The molecule has 1 aliphatic heterocycles. The van der Waals surface area contributed by atoms with Crippen molar-refractivity contribution in [2.75, 3.05) is 18.4 Å². The molecule has 1 aromatic heterocycles. The summed E-state index contributed by atoms with van der Waals surface area (Å²) in [7, 11) is 0. The summed E-state index contributed by atoms with van der Waals surface area (Å²) in [6, 6.07) is 6.63. The Kier molecular flexibility index (Phi) is 4.66. The average Bonchev–Trinajstić information content (AvgIpc) is 3.27. The van der Waals surface area contributed by atoms with Crippen molar-refractivity contribution >= 4 is 17.7 Å². The van der Waals surface area contributed by atoms with Gasteiger partial charge in [-0.15, -0.1) is 0 Å². The first-order chi connectivity index (χ1) is 13.4. The standard InChI is InChI=1S/C19H22N4O5/c1-19(17(24)25)8-9-23(11-19)18(26)20-13-4-6-14(7-5-13)27-10-15-21-16(28-22-15)12-2-3-12/h4-7,12H,2-3,8-11H2,1H3,(H,20,26)(H,24,25). The molecule has 2 amide bonds. The predicted octanol–water partition coefficient (Wildman–Crippen LogP) is 2.85. The summed E-state index contributed by atoms with van der Waals surface area (Å²) in [5.41, 5.74) is -0.277. The van der Waals surface area contributed by atoms with Gasteiger partial charge in [-0.1, -0.05) is 5.16 Å². The summed E-state index contributed by atoms with van der Waals surface area (Å²) < 4.78 is 10.8. The highest BCUT2D eigenvalue weighted by atomic mass is 16.5. The van der Waals surface area contributed by atoms with Crippen LogP contribution < -0.4 is 10.1 Å². The van der Waals surface area contributed by atoms with Crippen LogP contribution in [-0.4, -0.2) is 45.2 Å². The van der Waals surface area contributed by atoms with Crippen LogP contribution in [0, 0.1) is 5.41 Å². The molecular weight excluding hydrogens is 364 g/mol. The van der Waals surface area contributed by atoms with Crippen LogP contribution in [0.4, 0.5) is 10.5 Å². The van der Waals surface area contributed by atoms with Gasteiger partial charge >= 0.3 is 12.0 Å². The number of hydrogen-bond acceptors (Lipinski definition) is 6. The Bertz CT molecular complexity index is 877. The Morgan fingerprint density at radius 1 is 1.36 bits per heavy atom. The van der Waals surface area contributed by atoms with E-state index in [4.69, 9.17) is 9.26 Å². The molecular formula is C19H22N4O5. The lowest BCUT2D eigenvalue weighted by Gasteiger charge is -2.20. The van der Waals surface area contributed by atoms with E-state index in [0.717, 1.165) is 12.8 Å². The van der Waals surface area contributed by atoms with Crippen LogP contribution in [0.1, 0.15) is 43.8 Å². The zero-order valence-corrected chi connectivity index (χ0v) is 15.6. The second kappa shape index (κ2) is 7.14. The smallest absolute Gasteiger partial charge is 0.321 e. The lowest BCUT2D eigenvalue weighted by atomic mass is 9.90. The molecule has 9 heteroatoms. The third kappa shape index (κ3) is 3.92. The molecule has 28 heavy (non-hydrogen) atoms. The van der Waals surface area contributed by atoms with E-state index >= 15 is 0 Å². The Morgan fingerprint density at radius 2 is 2.11 bits per heavy atom. The molecule has 0 radical (unpaired) electrons. The number of carbonyl (C=O) groups is 2. The summed E-state index contributed by atoms with van der Waals surface area (Å²) in [6.07, 6.45) is 2.65. The van der Waals surface area contributed by atoms with Crippen molar-refractivity contribution in [3.05, 3.63) is 36.0 Å². The minimum Gasteiger partial charge on any atom is -0.485 e. The number of benzene rings is 1. The number of aromatic nitrogens is 2. The van der Waals surface area contributed by atoms with Gasteiger partial charge in [-0.2, -0.15) is 4.98 Å². The van der Waals surface area contributed by atoms with Gasteiger partial charge in [-0.3, -0.25) is 4.79 Å². The number of hydrogen-bond donors (Lipinski definition) is 2. The maximum absolute atomic E-state index is 12.3. The van der Waals surface area contributed by atoms with Gasteiger partial charge < -0.3 is 24.6 Å². The van der Waals surface area contributed by atoms with Crippen molar-refractivity contribution in [2.24, 2.45) is 5.41 Å². The molecule has 2 fully saturated rings. The summed E-state index contributed by atoms with van der Waals surface area (Å²) >= 11 is 0. The van der Waals surface area contributed by atoms with E-state index in [0.29, 0.717) is 42.0 Å². The number of anilines is 1. The number of nitrogens with zero attached hydrogens (tertiary/aromatic N) is 3. The Hall–Kier alpha value is -3.10. The predicted molar refractivity (Wildman–Crippen MR) is 98.0 cm³/mol. The van der Waals surface area contributed by atoms with E-state index in [1.165, 1.54) is 4.90 Å². The van der Waals surface area contributed by atoms with Crippen molar-refractivity contribution in [3.63, 3.8) is 0 Å². The van der Waals surface area contributed by atoms with Gasteiger partial charge in [0.25, 0.3) is 0 Å². The number of aliphatic carboxylic acids is 1. The SMILES string of the molecule is CC1(C(=O)O)CCN(C(=O)Nc2ccc(OCc3noc(C4CC4)n3)cc2)C1. The van der Waals surface area contributed by atoms with Crippen molar-refractivity contribution in [1.82, 2.24) is 15.0 Å². The molecule has 0 bridgehead atoms. The molecule has 1 unspecified atom stereocenters. The van der Waals surface area contributed by atoms with Crippen molar-refractivity contribution in [2.45, 2.75) is 38.7 Å². The number of carboxylic acids is 1. The zero-order valence-electron chi connectivity index (χ0n) is 15.6. The minimum absolute atomic E-state index is 0.197. The molecule has 9 nitrogen and oxygen atoms in total. The molecule has 0 spiro atoms. The average molecular weight is 386 g/mol. The summed E-state index contributed by atoms with van der Waals surface area (Å²) in [6.45, 7) is 2.49. The van der Waals surface area contributed by atoms with E-state index in [2.05, 4.69) is 15.5 Å². The van der Waals surface area contributed by atoms with Crippen molar-refractivity contribution in [3.8, 4) is 5.75 Å². The first kappa shape index (κ1) is 18.3. The number of carbonyl (C=O) groups excluding carboxylic acids is 1. The van der Waals surface area contributed by atoms with Gasteiger partial charge in [0.05, 0.1) is 5.41 Å². The van der Waals surface area contributed by atoms with E-state index in [9.17, 15) is 14.7 Å². The van der Waals surface area contributed by atoms with Crippen LogP contribution in [0.2, 0.25) is 0 Å². The third-order valence-electron chi connectivity index (χ3n) is 5.16. The fourth-order valence-corrected chi connectivity index (χ4v) is 3.12. The van der Waals surface area contributed by atoms with E-state index in [1.807, 2.05) is 0 Å². The normalized spacial score (nSPS) is 21.5. The number of ether oxygens (including phenoxy) is 1. The lowest BCUT2D eigenvalue weighted by Crippen LogP contribution is -2.37. The number of nitrogens with one attached hydrogen (secondary N) is 1. The Balaban J connectivity index is 1.28. The maximum Gasteiger partial charge on any atom is 0.321 e. The van der Waals surface area contributed by atoms with E-state index in [-0.39, 0.29) is 19.2 Å². The number of amides is 2. The van der Waals surface area contributed by atoms with Gasteiger partial charge in [-0.05, 0) is 50.5 Å². The second-order valence-electron chi connectivity index (χ2n) is 7.60. The molecule has 148 valence electrons. The molecule has 1 atom stereocenters. The van der Waals surface area contributed by atoms with Gasteiger partial charge in [0.1, 0.15) is 5.75 Å². The molecule has 4 rings (SSSR count). The fourth-order valence-electron chi connectivity index (χ4n) is 3.12. The van der Waals surface area contributed by atoms with Crippen LogP contribution in [0.5, 0.6) is 5.75 Å². The topological polar surface area (TPSA) is 118 Å². The van der Waals surface area contributed by atoms with Crippen LogP contribution in [0.3, 0.4) is 0 Å². The first-order valence-electron chi connectivity index (χ1n) is 9.28. The molecule has 1 aromatic carbocycles. The molecule has 1 saturated heterocycles. The highest BCUT2D eigenvalue weighted by Gasteiger charge is 2.42. The number of rotatable bonds is 6. The summed E-state index contributed by atoms with van der Waals surface area (Å²) in [5, 5.41) is 16.0. The van der Waals surface area contributed by atoms with Crippen LogP contribution in [-0.2, 0) is 11.4 Å². The van der Waals surface area contributed by atoms with E-state index < -0.39 is 11.4 Å². The monoisotopic (exact) mass is 386 g/mol. The molecule has 1 aliphatic carbocycles. The molecule has 2 heterocycles. The maximum atomic E-state index is 12.3. The van der Waals surface area contributed by atoms with Crippen LogP contribution in [0.15, 0.2) is 28.8 Å².